The summed E-state index contributed by atoms with van der Waals surface area (Å²) < 4.78 is 66.7. The zero-order valence-electron chi connectivity index (χ0n) is 17.5. The molecular formula is C22H25F3N2O3S. The fourth-order valence-electron chi connectivity index (χ4n) is 2.69. The van der Waals surface area contributed by atoms with Crippen LogP contribution < -0.4 is 9.62 Å². The Labute approximate surface area is 180 Å². The van der Waals surface area contributed by atoms with Gasteiger partial charge in [0, 0.05) is 11.1 Å². The maximum absolute atomic E-state index is 13.3. The van der Waals surface area contributed by atoms with Crippen LogP contribution in [0, 0.1) is 0 Å². The highest BCUT2D eigenvalue weighted by atomic mass is 32.2. The van der Waals surface area contributed by atoms with Crippen LogP contribution in [0.3, 0.4) is 0 Å². The summed E-state index contributed by atoms with van der Waals surface area (Å²) in [7, 11) is -4.27. The van der Waals surface area contributed by atoms with Gasteiger partial charge in [-0.25, -0.2) is 8.42 Å². The van der Waals surface area contributed by atoms with Crippen molar-refractivity contribution in [3.05, 3.63) is 72.3 Å². The van der Waals surface area contributed by atoms with Crippen LogP contribution in [0.4, 0.5) is 18.9 Å². The Bertz CT molecular complexity index is 1060. The molecule has 0 bridgehead atoms. The van der Waals surface area contributed by atoms with Gasteiger partial charge in [0.1, 0.15) is 0 Å². The summed E-state index contributed by atoms with van der Waals surface area (Å²) in [4.78, 5) is 12.3. The third kappa shape index (κ3) is 5.88. The maximum atomic E-state index is 13.3. The number of carbonyl (C=O) groups excluding carboxylic acids is 1. The molecule has 2 aromatic rings. The number of nitrogens with zero attached hydrogens (tertiary/aromatic N) is 1. The van der Waals surface area contributed by atoms with Gasteiger partial charge >= 0.3 is 6.18 Å². The van der Waals surface area contributed by atoms with Crippen molar-refractivity contribution < 1.29 is 26.4 Å². The highest BCUT2D eigenvalue weighted by molar-refractivity contribution is 7.92. The fourth-order valence-corrected chi connectivity index (χ4v) is 4.16. The molecule has 9 heteroatoms. The molecule has 31 heavy (non-hydrogen) atoms. The Balaban J connectivity index is 2.49. The van der Waals surface area contributed by atoms with Gasteiger partial charge in [0.25, 0.3) is 15.9 Å². The number of rotatable bonds is 8. The lowest BCUT2D eigenvalue weighted by atomic mass is 10.0. The molecule has 1 N–H and O–H groups in total. The van der Waals surface area contributed by atoms with Gasteiger partial charge in [-0.05, 0) is 56.7 Å². The molecule has 0 aliphatic rings. The van der Waals surface area contributed by atoms with Gasteiger partial charge < -0.3 is 5.32 Å². The minimum atomic E-state index is -4.62. The van der Waals surface area contributed by atoms with E-state index in [1.54, 1.807) is 0 Å². The molecule has 168 valence electrons. The molecule has 0 fully saturated rings. The van der Waals surface area contributed by atoms with Crippen LogP contribution in [0.2, 0.25) is 0 Å². The molecular weight excluding hydrogens is 429 g/mol. The van der Waals surface area contributed by atoms with Crippen molar-refractivity contribution in [2.75, 3.05) is 10.8 Å². The van der Waals surface area contributed by atoms with Crippen molar-refractivity contribution >= 4 is 21.6 Å². The molecule has 0 aliphatic carbocycles. The van der Waals surface area contributed by atoms with Crippen LogP contribution in [0.25, 0.3) is 0 Å². The number of carbonyl (C=O) groups is 1. The number of hydrogen-bond acceptors (Lipinski definition) is 3. The summed E-state index contributed by atoms with van der Waals surface area (Å²) in [5, 5.41) is 2.82. The molecule has 2 rings (SSSR count). The van der Waals surface area contributed by atoms with E-state index in [4.69, 9.17) is 0 Å². The van der Waals surface area contributed by atoms with E-state index in [2.05, 4.69) is 11.9 Å². The van der Waals surface area contributed by atoms with E-state index >= 15 is 0 Å². The second-order valence-corrected chi connectivity index (χ2v) is 9.45. The van der Waals surface area contributed by atoms with E-state index < -0.39 is 33.2 Å². The lowest BCUT2D eigenvalue weighted by molar-refractivity contribution is -0.137. The first-order chi connectivity index (χ1) is 14.3. The molecule has 0 radical (unpaired) electrons. The van der Waals surface area contributed by atoms with Crippen LogP contribution in [-0.2, 0) is 16.2 Å². The monoisotopic (exact) mass is 454 g/mol. The topological polar surface area (TPSA) is 66.5 Å². The summed E-state index contributed by atoms with van der Waals surface area (Å²) in [6.45, 7) is 8.84. The molecule has 0 unspecified atom stereocenters. The van der Waals surface area contributed by atoms with Crippen molar-refractivity contribution in [2.45, 2.75) is 43.8 Å². The number of benzene rings is 2. The second-order valence-electron chi connectivity index (χ2n) is 7.59. The predicted octanol–water partition coefficient (Wildman–Crippen LogP) is 5.01. The molecule has 0 heterocycles. The van der Waals surface area contributed by atoms with E-state index in [1.807, 2.05) is 20.8 Å². The number of amides is 1. The second kappa shape index (κ2) is 9.13. The summed E-state index contributed by atoms with van der Waals surface area (Å²) >= 11 is 0. The SMILES string of the molecule is C=CCN(c1cccc(C(F)(F)F)c1)S(=O)(=O)c1cccc(C(=O)NC(C)(C)CC)c1. The Morgan fingerprint density at radius 2 is 1.77 bits per heavy atom. The smallest absolute Gasteiger partial charge is 0.347 e. The van der Waals surface area contributed by atoms with E-state index in [-0.39, 0.29) is 22.7 Å². The molecule has 2 aromatic carbocycles. The lowest BCUT2D eigenvalue weighted by Gasteiger charge is -2.25. The summed E-state index contributed by atoms with van der Waals surface area (Å²) in [6.07, 6.45) is -2.68. The van der Waals surface area contributed by atoms with E-state index in [1.165, 1.54) is 36.4 Å². The molecule has 1 amide bonds. The number of halogens is 3. The molecule has 0 aliphatic heterocycles. The fraction of sp³-hybridized carbons (Fsp3) is 0.318. The number of hydrogen-bond donors (Lipinski definition) is 1. The van der Waals surface area contributed by atoms with Gasteiger partial charge in [-0.1, -0.05) is 25.1 Å². The minimum Gasteiger partial charge on any atom is -0.347 e. The van der Waals surface area contributed by atoms with Crippen LogP contribution in [0.5, 0.6) is 0 Å². The molecule has 0 atom stereocenters. The van der Waals surface area contributed by atoms with Crippen molar-refractivity contribution in [2.24, 2.45) is 0 Å². The first-order valence-corrected chi connectivity index (χ1v) is 11.0. The summed E-state index contributed by atoms with van der Waals surface area (Å²) in [6, 6.07) is 9.43. The summed E-state index contributed by atoms with van der Waals surface area (Å²) in [5.74, 6) is -0.446. The average molecular weight is 455 g/mol. The van der Waals surface area contributed by atoms with Gasteiger partial charge in [0.15, 0.2) is 0 Å². The van der Waals surface area contributed by atoms with E-state index in [0.29, 0.717) is 6.42 Å². The van der Waals surface area contributed by atoms with Crippen molar-refractivity contribution in [1.29, 1.82) is 0 Å². The van der Waals surface area contributed by atoms with Gasteiger partial charge in [-0.3, -0.25) is 9.10 Å². The Morgan fingerprint density at radius 3 is 2.35 bits per heavy atom. The number of alkyl halides is 3. The van der Waals surface area contributed by atoms with Crippen molar-refractivity contribution in [3.8, 4) is 0 Å². The Morgan fingerprint density at radius 1 is 1.13 bits per heavy atom. The largest absolute Gasteiger partial charge is 0.416 e. The highest BCUT2D eigenvalue weighted by Crippen LogP contribution is 2.33. The highest BCUT2D eigenvalue weighted by Gasteiger charge is 2.32. The standard InChI is InChI=1S/C22H25F3N2O3S/c1-5-13-27(18-11-8-10-17(15-18)22(23,24)25)31(29,30)19-12-7-9-16(14-19)20(28)26-21(3,4)6-2/h5,7-12,14-15H,1,6,13H2,2-4H3,(H,26,28). The van der Waals surface area contributed by atoms with Gasteiger partial charge in [-0.2, -0.15) is 13.2 Å². The van der Waals surface area contributed by atoms with Crippen LogP contribution in [-0.4, -0.2) is 26.4 Å². The number of sulfonamides is 1. The van der Waals surface area contributed by atoms with E-state index in [9.17, 15) is 26.4 Å². The zero-order valence-corrected chi connectivity index (χ0v) is 18.3. The Kier molecular flexibility index (Phi) is 7.21. The predicted molar refractivity (Wildman–Crippen MR) is 114 cm³/mol. The van der Waals surface area contributed by atoms with Gasteiger partial charge in [0.05, 0.1) is 22.7 Å². The van der Waals surface area contributed by atoms with E-state index in [0.717, 1.165) is 22.5 Å². The third-order valence-electron chi connectivity index (χ3n) is 4.78. The van der Waals surface area contributed by atoms with Crippen molar-refractivity contribution in [3.63, 3.8) is 0 Å². The minimum absolute atomic E-state index is 0.130. The molecule has 0 spiro atoms. The maximum Gasteiger partial charge on any atom is 0.416 e. The normalized spacial score (nSPS) is 12.3. The lowest BCUT2D eigenvalue weighted by Crippen LogP contribution is -2.42. The molecule has 0 aromatic heterocycles. The zero-order chi connectivity index (χ0) is 23.4. The quantitative estimate of drug-likeness (QED) is 0.571. The average Bonchev–Trinajstić information content (AvgIpc) is 2.71. The number of anilines is 1. The van der Waals surface area contributed by atoms with Gasteiger partial charge in [-0.15, -0.1) is 6.58 Å². The Hall–Kier alpha value is -2.81. The van der Waals surface area contributed by atoms with Crippen molar-refractivity contribution in [1.82, 2.24) is 5.32 Å². The molecule has 0 saturated carbocycles. The van der Waals surface area contributed by atoms with Gasteiger partial charge in [0.2, 0.25) is 0 Å². The van der Waals surface area contributed by atoms with Crippen LogP contribution in [0.1, 0.15) is 43.1 Å². The van der Waals surface area contributed by atoms with Crippen LogP contribution in [0.15, 0.2) is 66.1 Å². The van der Waals surface area contributed by atoms with Crippen LogP contribution >= 0.6 is 0 Å². The number of nitrogens with one attached hydrogen (secondary N) is 1. The molecule has 0 saturated heterocycles. The summed E-state index contributed by atoms with van der Waals surface area (Å²) in [5.41, 5.74) is -1.48. The third-order valence-corrected chi connectivity index (χ3v) is 6.57. The first kappa shape index (κ1) is 24.5. The molecule has 5 nitrogen and oxygen atoms in total. The first-order valence-electron chi connectivity index (χ1n) is 9.55.